The summed E-state index contributed by atoms with van der Waals surface area (Å²) in [5.74, 6) is -3.21. The monoisotopic (exact) mass is 433 g/mol. The number of imide groups is 1. The van der Waals surface area contributed by atoms with E-state index in [4.69, 9.17) is 4.84 Å². The molecule has 3 atom stereocenters. The highest BCUT2D eigenvalue weighted by atomic mass is 19.1. The molecule has 32 heavy (non-hydrogen) atoms. The van der Waals surface area contributed by atoms with Crippen molar-refractivity contribution in [1.82, 2.24) is 0 Å². The number of nitro benzene ring substituents is 1. The molecule has 2 heterocycles. The highest BCUT2D eigenvalue weighted by Crippen LogP contribution is 2.49. The Morgan fingerprint density at radius 3 is 2.25 bits per heavy atom. The van der Waals surface area contributed by atoms with Crippen molar-refractivity contribution in [3.63, 3.8) is 0 Å². The van der Waals surface area contributed by atoms with E-state index in [1.165, 1.54) is 41.5 Å². The van der Waals surface area contributed by atoms with Crippen molar-refractivity contribution in [1.29, 1.82) is 0 Å². The van der Waals surface area contributed by atoms with Gasteiger partial charge < -0.3 is 0 Å². The van der Waals surface area contributed by atoms with E-state index in [-0.39, 0.29) is 16.9 Å². The summed E-state index contributed by atoms with van der Waals surface area (Å²) in [5.41, 5.74) is 0.383. The Labute approximate surface area is 181 Å². The molecule has 160 valence electrons. The van der Waals surface area contributed by atoms with E-state index in [9.17, 15) is 24.1 Å². The second kappa shape index (κ2) is 7.54. The zero-order valence-electron chi connectivity index (χ0n) is 16.5. The molecule has 0 bridgehead atoms. The van der Waals surface area contributed by atoms with Crippen LogP contribution in [0.15, 0.2) is 78.9 Å². The van der Waals surface area contributed by atoms with Gasteiger partial charge in [0.25, 0.3) is 11.6 Å². The summed E-state index contributed by atoms with van der Waals surface area (Å²) in [7, 11) is 0. The normalized spacial score (nSPS) is 22.3. The molecule has 2 aliphatic rings. The number of amides is 2. The fraction of sp³-hybridized carbons (Fsp3) is 0.130. The Bertz CT molecular complexity index is 1240. The first-order chi connectivity index (χ1) is 15.5. The molecule has 0 aliphatic carbocycles. The number of anilines is 2. The molecule has 2 saturated heterocycles. The van der Waals surface area contributed by atoms with Crippen LogP contribution in [0, 0.1) is 21.8 Å². The first-order valence-corrected chi connectivity index (χ1v) is 9.85. The number of carbonyl (C=O) groups is 2. The van der Waals surface area contributed by atoms with Gasteiger partial charge in [0.05, 0.1) is 21.9 Å². The fourth-order valence-corrected chi connectivity index (χ4v) is 4.30. The average Bonchev–Trinajstić information content (AvgIpc) is 3.31. The van der Waals surface area contributed by atoms with Gasteiger partial charge in [-0.15, -0.1) is 0 Å². The first kappa shape index (κ1) is 19.8. The van der Waals surface area contributed by atoms with Crippen LogP contribution in [0.1, 0.15) is 11.6 Å². The lowest BCUT2D eigenvalue weighted by molar-refractivity contribution is -0.385. The van der Waals surface area contributed by atoms with Crippen LogP contribution >= 0.6 is 0 Å². The fourth-order valence-electron chi connectivity index (χ4n) is 4.30. The highest BCUT2D eigenvalue weighted by Gasteiger charge is 2.61. The van der Waals surface area contributed by atoms with Gasteiger partial charge in [0, 0.05) is 6.07 Å². The third-order valence-corrected chi connectivity index (χ3v) is 5.67. The number of hydrogen-bond acceptors (Lipinski definition) is 6. The molecule has 0 unspecified atom stereocenters. The SMILES string of the molecule is O=C1[C@H]2[C@@H](c3ccccc3[N+](=O)[O-])N(c3ccccc3)O[C@H]2C(=O)N1c1ccccc1F. The predicted molar refractivity (Wildman–Crippen MR) is 112 cm³/mol. The second-order valence-corrected chi connectivity index (χ2v) is 7.44. The van der Waals surface area contributed by atoms with E-state index in [1.807, 2.05) is 0 Å². The molecule has 5 rings (SSSR count). The van der Waals surface area contributed by atoms with Gasteiger partial charge in [-0.3, -0.25) is 24.5 Å². The Balaban J connectivity index is 1.65. The van der Waals surface area contributed by atoms with E-state index in [1.54, 1.807) is 36.4 Å². The average molecular weight is 433 g/mol. The zero-order valence-corrected chi connectivity index (χ0v) is 16.5. The molecule has 0 N–H and O–H groups in total. The highest BCUT2D eigenvalue weighted by molar-refractivity contribution is 6.24. The number of benzene rings is 3. The standard InChI is InChI=1S/C23H16FN3O5/c24-16-11-5-7-13-18(16)25-22(28)19-20(15-10-4-6-12-17(15)27(30)31)26(32-21(19)23(25)29)14-8-2-1-3-9-14/h1-13,19-21H/t19-,20+,21+/m0/s1. The topological polar surface area (TPSA) is 93.0 Å². The van der Waals surface area contributed by atoms with Crippen LogP contribution in [0.5, 0.6) is 0 Å². The van der Waals surface area contributed by atoms with Crippen LogP contribution in [-0.4, -0.2) is 22.8 Å². The largest absolute Gasteiger partial charge is 0.274 e. The number of para-hydroxylation sites is 3. The quantitative estimate of drug-likeness (QED) is 0.353. The number of carbonyl (C=O) groups excluding carboxylic acids is 2. The lowest BCUT2D eigenvalue weighted by Crippen LogP contribution is -2.38. The number of nitro groups is 1. The molecule has 3 aromatic carbocycles. The summed E-state index contributed by atoms with van der Waals surface area (Å²) in [4.78, 5) is 44.5. The Kier molecular flexibility index (Phi) is 4.67. The summed E-state index contributed by atoms with van der Waals surface area (Å²) in [6, 6.07) is 19.2. The number of halogens is 1. The number of hydrogen-bond donors (Lipinski definition) is 0. The minimum Gasteiger partial charge on any atom is -0.273 e. The van der Waals surface area contributed by atoms with E-state index in [0.717, 1.165) is 11.0 Å². The molecular weight excluding hydrogens is 417 g/mol. The Hall–Kier alpha value is -4.11. The number of rotatable bonds is 4. The van der Waals surface area contributed by atoms with Crippen molar-refractivity contribution in [3.8, 4) is 0 Å². The molecule has 0 radical (unpaired) electrons. The number of fused-ring (bicyclic) bond motifs is 1. The van der Waals surface area contributed by atoms with Gasteiger partial charge in [-0.25, -0.2) is 14.4 Å². The molecule has 8 nitrogen and oxygen atoms in total. The van der Waals surface area contributed by atoms with E-state index in [0.29, 0.717) is 5.69 Å². The maximum absolute atomic E-state index is 14.4. The summed E-state index contributed by atoms with van der Waals surface area (Å²) < 4.78 is 14.4. The molecule has 2 amide bonds. The molecule has 0 spiro atoms. The van der Waals surface area contributed by atoms with Crippen molar-refractivity contribution < 1.29 is 23.7 Å². The second-order valence-electron chi connectivity index (χ2n) is 7.44. The van der Waals surface area contributed by atoms with Crippen LogP contribution in [0.2, 0.25) is 0 Å². The number of hydroxylamine groups is 1. The number of nitrogens with zero attached hydrogens (tertiary/aromatic N) is 3. The summed E-state index contributed by atoms with van der Waals surface area (Å²) in [6.07, 6.45) is -1.24. The van der Waals surface area contributed by atoms with Gasteiger partial charge >= 0.3 is 0 Å². The minimum absolute atomic E-state index is 0.173. The molecule has 0 aromatic heterocycles. The minimum atomic E-state index is -1.24. The lowest BCUT2D eigenvalue weighted by Gasteiger charge is -2.28. The van der Waals surface area contributed by atoms with Crippen LogP contribution in [0.4, 0.5) is 21.5 Å². The van der Waals surface area contributed by atoms with Crippen LogP contribution in [0.3, 0.4) is 0 Å². The third kappa shape index (κ3) is 2.94. The van der Waals surface area contributed by atoms with Crippen molar-refractivity contribution in [3.05, 3.63) is 100 Å². The van der Waals surface area contributed by atoms with Crippen molar-refractivity contribution in [2.24, 2.45) is 5.92 Å². The van der Waals surface area contributed by atoms with Gasteiger partial charge in [-0.2, -0.15) is 0 Å². The first-order valence-electron chi connectivity index (χ1n) is 9.85. The summed E-state index contributed by atoms with van der Waals surface area (Å²) >= 11 is 0. The van der Waals surface area contributed by atoms with Crippen LogP contribution < -0.4 is 9.96 Å². The summed E-state index contributed by atoms with van der Waals surface area (Å²) in [6.45, 7) is 0. The van der Waals surface area contributed by atoms with Crippen molar-refractivity contribution >= 4 is 28.9 Å². The molecule has 0 saturated carbocycles. The smallest absolute Gasteiger partial charge is 0.273 e. The maximum Gasteiger partial charge on any atom is 0.274 e. The van der Waals surface area contributed by atoms with Crippen molar-refractivity contribution in [2.45, 2.75) is 12.1 Å². The van der Waals surface area contributed by atoms with Crippen LogP contribution in [-0.2, 0) is 14.4 Å². The molecule has 9 heteroatoms. The van der Waals surface area contributed by atoms with E-state index < -0.39 is 40.6 Å². The van der Waals surface area contributed by atoms with Crippen LogP contribution in [0.25, 0.3) is 0 Å². The maximum atomic E-state index is 14.4. The van der Waals surface area contributed by atoms with Gasteiger partial charge in [0.1, 0.15) is 17.8 Å². The van der Waals surface area contributed by atoms with Crippen molar-refractivity contribution in [2.75, 3.05) is 9.96 Å². The zero-order chi connectivity index (χ0) is 22.4. The Morgan fingerprint density at radius 2 is 1.53 bits per heavy atom. The molecule has 2 fully saturated rings. The van der Waals surface area contributed by atoms with Gasteiger partial charge in [0.15, 0.2) is 6.10 Å². The molecular formula is C23H16FN3O5. The van der Waals surface area contributed by atoms with Gasteiger partial charge in [-0.1, -0.05) is 42.5 Å². The molecule has 2 aliphatic heterocycles. The Morgan fingerprint density at radius 1 is 0.875 bits per heavy atom. The van der Waals surface area contributed by atoms with E-state index >= 15 is 0 Å². The van der Waals surface area contributed by atoms with Gasteiger partial charge in [0.2, 0.25) is 5.91 Å². The third-order valence-electron chi connectivity index (χ3n) is 5.67. The van der Waals surface area contributed by atoms with Gasteiger partial charge in [-0.05, 0) is 30.3 Å². The molecule has 3 aromatic rings. The van der Waals surface area contributed by atoms with E-state index in [2.05, 4.69) is 0 Å². The summed E-state index contributed by atoms with van der Waals surface area (Å²) in [5, 5.41) is 13.1. The lowest BCUT2D eigenvalue weighted by atomic mass is 9.89. The predicted octanol–water partition coefficient (Wildman–Crippen LogP) is 3.79.